The summed E-state index contributed by atoms with van der Waals surface area (Å²) >= 11 is 0. The molecule has 0 heterocycles. The molecule has 3 aromatic carbocycles. The molecule has 0 aliphatic heterocycles. The molecule has 0 radical (unpaired) electrons. The van der Waals surface area contributed by atoms with Gasteiger partial charge >= 0.3 is 0 Å². The van der Waals surface area contributed by atoms with Crippen LogP contribution in [-0.2, 0) is 9.59 Å². The number of carbonyl (C=O) groups excluding carboxylic acids is 3. The lowest BCUT2D eigenvalue weighted by Crippen LogP contribution is -2.52. The first kappa shape index (κ1) is 29.6. The number of nitrogens with two attached hydrogens (primary N) is 1. The molecule has 0 fully saturated rings. The van der Waals surface area contributed by atoms with E-state index in [1.165, 1.54) is 0 Å². The van der Waals surface area contributed by atoms with Crippen molar-refractivity contribution in [2.24, 2.45) is 5.73 Å². The minimum Gasteiger partial charge on any atom is -0.368 e. The van der Waals surface area contributed by atoms with Crippen LogP contribution in [0, 0.1) is 11.8 Å². The van der Waals surface area contributed by atoms with Crippen LogP contribution in [0.4, 0.5) is 0 Å². The smallest absolute Gasteiger partial charge is 0.251 e. The molecule has 3 rings (SSSR count). The average molecular weight is 511 g/mol. The quantitative estimate of drug-likeness (QED) is 0.313. The van der Waals surface area contributed by atoms with E-state index in [-0.39, 0.29) is 32.5 Å². The predicted molar refractivity (Wildman–Crippen MR) is 152 cm³/mol. The largest absolute Gasteiger partial charge is 0.368 e. The van der Waals surface area contributed by atoms with E-state index in [9.17, 15) is 14.4 Å². The second-order valence-corrected chi connectivity index (χ2v) is 8.34. The van der Waals surface area contributed by atoms with E-state index in [1.54, 1.807) is 30.3 Å². The molecule has 196 valence electrons. The Morgan fingerprint density at radius 1 is 0.921 bits per heavy atom. The zero-order valence-electron chi connectivity index (χ0n) is 20.6. The van der Waals surface area contributed by atoms with Gasteiger partial charge in [-0.1, -0.05) is 79.9 Å². The van der Waals surface area contributed by atoms with Crippen molar-refractivity contribution in [2.45, 2.75) is 26.4 Å². The Morgan fingerprint density at radius 3 is 2.18 bits per heavy atom. The summed E-state index contributed by atoms with van der Waals surface area (Å²) in [6.07, 6.45) is 3.68. The molecular formula is C31H34N4O3. The van der Waals surface area contributed by atoms with E-state index in [0.717, 1.165) is 16.7 Å². The highest BCUT2D eigenvalue weighted by atomic mass is 16.2. The van der Waals surface area contributed by atoms with Crippen LogP contribution in [0.3, 0.4) is 0 Å². The van der Waals surface area contributed by atoms with Crippen LogP contribution in [0.2, 0.25) is 0 Å². The molecule has 0 saturated carbocycles. The van der Waals surface area contributed by atoms with Gasteiger partial charge in [-0.25, -0.2) is 0 Å². The van der Waals surface area contributed by atoms with Gasteiger partial charge in [-0.2, -0.15) is 0 Å². The van der Waals surface area contributed by atoms with Crippen molar-refractivity contribution < 1.29 is 14.4 Å². The summed E-state index contributed by atoms with van der Waals surface area (Å²) in [7, 11) is 0. The van der Waals surface area contributed by atoms with E-state index in [2.05, 4.69) is 27.8 Å². The Labute approximate surface area is 224 Å². The number of rotatable bonds is 10. The molecule has 2 unspecified atom stereocenters. The number of amides is 3. The maximum Gasteiger partial charge on any atom is 0.251 e. The highest BCUT2D eigenvalue weighted by Crippen LogP contribution is 2.10. The van der Waals surface area contributed by atoms with Crippen molar-refractivity contribution in [1.29, 1.82) is 0 Å². The maximum absolute atomic E-state index is 12.6. The molecule has 0 aliphatic rings. The molecule has 0 spiro atoms. The summed E-state index contributed by atoms with van der Waals surface area (Å²) in [5.41, 5.74) is 8.64. The lowest BCUT2D eigenvalue weighted by atomic mass is 10.1. The minimum absolute atomic E-state index is 0. The second kappa shape index (κ2) is 15.4. The van der Waals surface area contributed by atoms with Crippen molar-refractivity contribution in [3.63, 3.8) is 0 Å². The van der Waals surface area contributed by atoms with Gasteiger partial charge in [-0.3, -0.25) is 14.4 Å². The van der Waals surface area contributed by atoms with E-state index in [4.69, 9.17) is 5.73 Å². The molecule has 2 atom stereocenters. The first-order valence-corrected chi connectivity index (χ1v) is 11.9. The SMILES string of the molecule is C.CC(NCC(=O)NCC(NC(=O)c1ccc(C#C/C=C/c2ccccc2)cc1)C(N)=O)c1ccccc1. The molecule has 0 saturated heterocycles. The van der Waals surface area contributed by atoms with Crippen molar-refractivity contribution in [3.8, 4) is 11.8 Å². The molecular weight excluding hydrogens is 476 g/mol. The van der Waals surface area contributed by atoms with Crippen molar-refractivity contribution >= 4 is 23.8 Å². The summed E-state index contributed by atoms with van der Waals surface area (Å²) in [5.74, 6) is 4.44. The van der Waals surface area contributed by atoms with E-state index < -0.39 is 17.9 Å². The summed E-state index contributed by atoms with van der Waals surface area (Å²) in [4.78, 5) is 36.7. The number of benzene rings is 3. The zero-order valence-corrected chi connectivity index (χ0v) is 20.6. The molecule has 3 aromatic rings. The van der Waals surface area contributed by atoms with Crippen molar-refractivity contribution in [1.82, 2.24) is 16.0 Å². The van der Waals surface area contributed by atoms with Crippen LogP contribution < -0.4 is 21.7 Å². The molecule has 0 bridgehead atoms. The summed E-state index contributed by atoms with van der Waals surface area (Å²) in [5, 5.41) is 8.33. The zero-order chi connectivity index (χ0) is 26.5. The van der Waals surface area contributed by atoms with Crippen LogP contribution >= 0.6 is 0 Å². The average Bonchev–Trinajstić information content (AvgIpc) is 2.93. The lowest BCUT2D eigenvalue weighted by molar-refractivity contribution is -0.121. The van der Waals surface area contributed by atoms with E-state index in [0.29, 0.717) is 5.56 Å². The third-order valence-electron chi connectivity index (χ3n) is 5.54. The summed E-state index contributed by atoms with van der Waals surface area (Å²) in [6, 6.07) is 25.2. The monoisotopic (exact) mass is 510 g/mol. The predicted octanol–water partition coefficient (Wildman–Crippen LogP) is 3.44. The number of allylic oxidation sites excluding steroid dienone is 1. The van der Waals surface area contributed by atoms with Crippen molar-refractivity contribution in [3.05, 3.63) is 113 Å². The Kier molecular flexibility index (Phi) is 12.0. The van der Waals surface area contributed by atoms with Gasteiger partial charge in [0.2, 0.25) is 11.8 Å². The van der Waals surface area contributed by atoms with Gasteiger partial charge in [-0.15, -0.1) is 0 Å². The molecule has 5 N–H and O–H groups in total. The highest BCUT2D eigenvalue weighted by Gasteiger charge is 2.20. The number of hydrogen-bond acceptors (Lipinski definition) is 4. The van der Waals surface area contributed by atoms with Crippen LogP contribution in [0.1, 0.15) is 47.4 Å². The fourth-order valence-electron chi connectivity index (χ4n) is 3.38. The number of carbonyl (C=O) groups is 3. The first-order valence-electron chi connectivity index (χ1n) is 11.9. The lowest BCUT2D eigenvalue weighted by Gasteiger charge is -2.18. The third kappa shape index (κ3) is 9.76. The number of hydrogen-bond donors (Lipinski definition) is 4. The molecule has 7 nitrogen and oxygen atoms in total. The fraction of sp³-hybridized carbons (Fsp3) is 0.194. The van der Waals surface area contributed by atoms with Gasteiger partial charge in [-0.05, 0) is 54.5 Å². The molecule has 38 heavy (non-hydrogen) atoms. The molecule has 0 aromatic heterocycles. The van der Waals surface area contributed by atoms with Gasteiger partial charge in [0.15, 0.2) is 0 Å². The van der Waals surface area contributed by atoms with Crippen LogP contribution in [0.5, 0.6) is 0 Å². The Morgan fingerprint density at radius 2 is 1.55 bits per heavy atom. The van der Waals surface area contributed by atoms with Gasteiger partial charge in [0.25, 0.3) is 5.91 Å². The van der Waals surface area contributed by atoms with Gasteiger partial charge in [0.05, 0.1) is 6.54 Å². The molecule has 0 aliphatic carbocycles. The van der Waals surface area contributed by atoms with Crippen LogP contribution in [0.25, 0.3) is 6.08 Å². The maximum atomic E-state index is 12.6. The third-order valence-corrected chi connectivity index (χ3v) is 5.54. The summed E-state index contributed by atoms with van der Waals surface area (Å²) < 4.78 is 0. The van der Waals surface area contributed by atoms with Crippen LogP contribution in [-0.4, -0.2) is 36.9 Å². The number of nitrogens with one attached hydrogen (secondary N) is 3. The van der Waals surface area contributed by atoms with Gasteiger partial charge in [0, 0.05) is 23.7 Å². The highest BCUT2D eigenvalue weighted by molar-refractivity contribution is 5.97. The van der Waals surface area contributed by atoms with Gasteiger partial charge in [0.1, 0.15) is 6.04 Å². The van der Waals surface area contributed by atoms with Crippen molar-refractivity contribution in [2.75, 3.05) is 13.1 Å². The Balaban J connectivity index is 0.00000507. The normalized spacial score (nSPS) is 11.8. The van der Waals surface area contributed by atoms with E-state index >= 15 is 0 Å². The standard InChI is InChI=1S/C30H30N4O3.CH4/c1-22(25-14-6-3-7-15-25)32-21-28(35)33-20-27(29(31)36)34-30(37)26-18-16-24(17-19-26)13-9-8-12-23-10-4-2-5-11-23;/h2-8,10-12,14-19,22,27,32H,20-21H2,1H3,(H2,31,36)(H,33,35)(H,34,37);1H4/b12-8+;. The Hall–Kier alpha value is -4.67. The van der Waals surface area contributed by atoms with E-state index in [1.807, 2.05) is 73.7 Å². The topological polar surface area (TPSA) is 113 Å². The summed E-state index contributed by atoms with van der Waals surface area (Å²) in [6.45, 7) is 1.89. The first-order chi connectivity index (χ1) is 17.9. The number of primary amides is 1. The second-order valence-electron chi connectivity index (χ2n) is 8.34. The fourth-order valence-corrected chi connectivity index (χ4v) is 3.38. The van der Waals surface area contributed by atoms with Gasteiger partial charge < -0.3 is 21.7 Å². The molecule has 3 amide bonds. The minimum atomic E-state index is -1.05. The van der Waals surface area contributed by atoms with Crippen LogP contribution in [0.15, 0.2) is 91.0 Å². The molecule has 7 heteroatoms. The Bertz CT molecular complexity index is 1280.